The zero-order valence-corrected chi connectivity index (χ0v) is 15.5. The lowest BCUT2D eigenvalue weighted by molar-refractivity contribution is -0.274. The third-order valence-corrected chi connectivity index (χ3v) is 5.10. The Kier molecular flexibility index (Phi) is 4.64. The molecule has 1 aliphatic heterocycles. The van der Waals surface area contributed by atoms with E-state index in [4.69, 9.17) is 0 Å². The summed E-state index contributed by atoms with van der Waals surface area (Å²) in [4.78, 5) is 38.6. The molecular formula is C20H16F3N3O4. The van der Waals surface area contributed by atoms with Crippen LogP contribution in [0.1, 0.15) is 17.5 Å². The Morgan fingerprint density at radius 2 is 1.83 bits per heavy atom. The van der Waals surface area contributed by atoms with Crippen LogP contribution in [0.15, 0.2) is 48.5 Å². The molecule has 1 saturated heterocycles. The van der Waals surface area contributed by atoms with E-state index in [1.165, 1.54) is 12.1 Å². The molecule has 0 unspecified atom stereocenters. The van der Waals surface area contributed by atoms with Gasteiger partial charge in [-0.3, -0.25) is 14.5 Å². The van der Waals surface area contributed by atoms with Crippen LogP contribution in [-0.2, 0) is 21.5 Å². The third kappa shape index (κ3) is 3.56. The molecule has 1 heterocycles. The first-order valence-corrected chi connectivity index (χ1v) is 9.06. The number of ether oxygens (including phenoxy) is 1. The van der Waals surface area contributed by atoms with Crippen molar-refractivity contribution in [3.05, 3.63) is 59.7 Å². The van der Waals surface area contributed by atoms with E-state index in [9.17, 15) is 27.6 Å². The minimum atomic E-state index is -4.82. The number of aryl methyl sites for hydroxylation is 1. The highest BCUT2D eigenvalue weighted by molar-refractivity contribution is 6.10. The Morgan fingerprint density at radius 1 is 1.13 bits per heavy atom. The Hall–Kier alpha value is -3.56. The number of anilines is 1. The smallest absolute Gasteiger partial charge is 0.406 e. The van der Waals surface area contributed by atoms with Gasteiger partial charge in [-0.05, 0) is 48.2 Å². The molecule has 0 radical (unpaired) electrons. The summed E-state index contributed by atoms with van der Waals surface area (Å²) in [6.45, 7) is -0.518. The lowest BCUT2D eigenvalue weighted by Crippen LogP contribution is -2.42. The fraction of sp³-hybridized carbons (Fsp3) is 0.250. The number of imide groups is 1. The number of amides is 4. The lowest BCUT2D eigenvalue weighted by Gasteiger charge is -2.22. The molecule has 4 amide bonds. The second kappa shape index (κ2) is 7.05. The van der Waals surface area contributed by atoms with Gasteiger partial charge >= 0.3 is 12.4 Å². The molecule has 1 fully saturated rings. The molecule has 0 aromatic heterocycles. The van der Waals surface area contributed by atoms with Crippen LogP contribution >= 0.6 is 0 Å². The molecule has 2 aromatic rings. The molecular weight excluding hydrogens is 403 g/mol. The molecule has 2 N–H and O–H groups in total. The highest BCUT2D eigenvalue weighted by atomic mass is 19.4. The van der Waals surface area contributed by atoms with E-state index in [2.05, 4.69) is 15.4 Å². The lowest BCUT2D eigenvalue weighted by atomic mass is 9.92. The first-order valence-electron chi connectivity index (χ1n) is 9.06. The van der Waals surface area contributed by atoms with Crippen molar-refractivity contribution in [1.29, 1.82) is 0 Å². The highest BCUT2D eigenvalue weighted by Gasteiger charge is 2.55. The number of benzene rings is 2. The Morgan fingerprint density at radius 3 is 2.53 bits per heavy atom. The van der Waals surface area contributed by atoms with Gasteiger partial charge in [-0.1, -0.05) is 24.3 Å². The number of alkyl halides is 3. The van der Waals surface area contributed by atoms with Crippen LogP contribution in [0.3, 0.4) is 0 Å². The number of rotatable bonds is 4. The number of nitrogens with one attached hydrogen (secondary N) is 2. The maximum atomic E-state index is 13.0. The number of urea groups is 1. The summed E-state index contributed by atoms with van der Waals surface area (Å²) in [6.07, 6.45) is -3.77. The largest absolute Gasteiger partial charge is 0.573 e. The van der Waals surface area contributed by atoms with Crippen molar-refractivity contribution in [3.8, 4) is 5.75 Å². The van der Waals surface area contributed by atoms with Crippen molar-refractivity contribution < 1.29 is 32.3 Å². The topological polar surface area (TPSA) is 87.7 Å². The quantitative estimate of drug-likeness (QED) is 0.746. The van der Waals surface area contributed by atoms with Crippen molar-refractivity contribution in [2.45, 2.75) is 24.7 Å². The highest BCUT2D eigenvalue weighted by Crippen LogP contribution is 2.41. The summed E-state index contributed by atoms with van der Waals surface area (Å²) in [5, 5.41) is 5.17. The van der Waals surface area contributed by atoms with Crippen LogP contribution in [0, 0.1) is 0 Å². The van der Waals surface area contributed by atoms with E-state index < -0.39 is 42.0 Å². The van der Waals surface area contributed by atoms with Crippen LogP contribution in [-0.4, -0.2) is 35.7 Å². The summed E-state index contributed by atoms with van der Waals surface area (Å²) < 4.78 is 40.4. The van der Waals surface area contributed by atoms with Crippen LogP contribution in [0.4, 0.5) is 23.7 Å². The molecule has 4 rings (SSSR count). The number of hydrogen-bond donors (Lipinski definition) is 2. The van der Waals surface area contributed by atoms with E-state index in [1.54, 1.807) is 12.1 Å². The Bertz CT molecular complexity index is 1020. The van der Waals surface area contributed by atoms with Gasteiger partial charge in [-0.15, -0.1) is 13.2 Å². The summed E-state index contributed by atoms with van der Waals surface area (Å²) >= 11 is 0. The van der Waals surface area contributed by atoms with Crippen LogP contribution in [0.25, 0.3) is 0 Å². The maximum Gasteiger partial charge on any atom is 0.573 e. The maximum absolute atomic E-state index is 13.0. The summed E-state index contributed by atoms with van der Waals surface area (Å²) in [5.74, 6) is -1.59. The first kappa shape index (κ1) is 19.7. The van der Waals surface area contributed by atoms with Crippen LogP contribution < -0.4 is 15.4 Å². The van der Waals surface area contributed by atoms with Crippen LogP contribution in [0.5, 0.6) is 5.75 Å². The van der Waals surface area contributed by atoms with E-state index in [0.717, 1.165) is 28.2 Å². The van der Waals surface area contributed by atoms with Gasteiger partial charge in [0.1, 0.15) is 17.8 Å². The number of carbonyl (C=O) groups excluding carboxylic acids is 3. The first-order chi connectivity index (χ1) is 14.2. The van der Waals surface area contributed by atoms with Gasteiger partial charge in [-0.25, -0.2) is 4.79 Å². The molecule has 10 heteroatoms. The van der Waals surface area contributed by atoms with Gasteiger partial charge in [0.05, 0.1) is 0 Å². The molecule has 156 valence electrons. The molecule has 2 aliphatic rings. The monoisotopic (exact) mass is 419 g/mol. The van der Waals surface area contributed by atoms with Crippen molar-refractivity contribution in [2.24, 2.45) is 0 Å². The number of fused-ring (bicyclic) bond motifs is 2. The van der Waals surface area contributed by atoms with Crippen molar-refractivity contribution in [1.82, 2.24) is 10.2 Å². The number of carbonyl (C=O) groups is 3. The molecule has 1 atom stereocenters. The third-order valence-electron chi connectivity index (χ3n) is 5.10. The molecule has 1 spiro atoms. The van der Waals surface area contributed by atoms with E-state index in [1.807, 2.05) is 12.1 Å². The van der Waals surface area contributed by atoms with Gasteiger partial charge in [0, 0.05) is 5.69 Å². The average Bonchev–Trinajstić information content (AvgIpc) is 3.16. The van der Waals surface area contributed by atoms with E-state index in [-0.39, 0.29) is 5.69 Å². The molecule has 1 aliphatic carbocycles. The average molecular weight is 419 g/mol. The van der Waals surface area contributed by atoms with Crippen molar-refractivity contribution >= 4 is 23.5 Å². The van der Waals surface area contributed by atoms with Gasteiger partial charge in [-0.2, -0.15) is 0 Å². The predicted molar refractivity (Wildman–Crippen MR) is 98.4 cm³/mol. The molecule has 0 bridgehead atoms. The summed E-state index contributed by atoms with van der Waals surface area (Å²) in [5.41, 5.74) is 0.734. The predicted octanol–water partition coefficient (Wildman–Crippen LogP) is 2.92. The standard InChI is InChI=1S/C20H16F3N3O4/c21-20(22,23)30-14-7-5-13(6-8-14)24-16(27)11-26-17(28)19(25-18(26)29)10-9-12-3-1-2-4-15(12)19/h1-8H,9-11H2,(H,24,27)(H,25,29)/t19-/m0/s1. The zero-order valence-electron chi connectivity index (χ0n) is 15.5. The zero-order chi connectivity index (χ0) is 21.5. The summed E-state index contributed by atoms with van der Waals surface area (Å²) in [7, 11) is 0. The fourth-order valence-corrected chi connectivity index (χ4v) is 3.82. The number of halogens is 3. The molecule has 30 heavy (non-hydrogen) atoms. The Labute approximate surface area is 168 Å². The van der Waals surface area contributed by atoms with Crippen LogP contribution in [0.2, 0.25) is 0 Å². The molecule has 2 aromatic carbocycles. The van der Waals surface area contributed by atoms with Gasteiger partial charge in [0.2, 0.25) is 5.91 Å². The second-order valence-corrected chi connectivity index (χ2v) is 7.00. The number of nitrogens with zero attached hydrogens (tertiary/aromatic N) is 1. The van der Waals surface area contributed by atoms with Gasteiger partial charge in [0.25, 0.3) is 5.91 Å². The SMILES string of the molecule is O=C(CN1C(=O)N[C@]2(CCc3ccccc32)C1=O)Nc1ccc(OC(F)(F)F)cc1. The number of hydrogen-bond acceptors (Lipinski definition) is 4. The van der Waals surface area contributed by atoms with Gasteiger partial charge in [0.15, 0.2) is 0 Å². The normalized spacial score (nSPS) is 20.3. The minimum Gasteiger partial charge on any atom is -0.406 e. The van der Waals surface area contributed by atoms with E-state index >= 15 is 0 Å². The molecule has 0 saturated carbocycles. The second-order valence-electron chi connectivity index (χ2n) is 7.00. The van der Waals surface area contributed by atoms with E-state index in [0.29, 0.717) is 12.8 Å². The molecule has 7 nitrogen and oxygen atoms in total. The summed E-state index contributed by atoms with van der Waals surface area (Å²) in [6, 6.07) is 11.2. The Balaban J connectivity index is 1.43. The fourth-order valence-electron chi connectivity index (χ4n) is 3.82. The van der Waals surface area contributed by atoms with Gasteiger partial charge < -0.3 is 15.4 Å². The van der Waals surface area contributed by atoms with Crippen molar-refractivity contribution in [3.63, 3.8) is 0 Å². The minimum absolute atomic E-state index is 0.197. The van der Waals surface area contributed by atoms with Crippen molar-refractivity contribution in [2.75, 3.05) is 11.9 Å².